The number of hydrogen-bond acceptors (Lipinski definition) is 3. The molecule has 4 rings (SSSR count). The van der Waals surface area contributed by atoms with Gasteiger partial charge in [-0.1, -0.05) is 37.3 Å². The molecule has 5 nitrogen and oxygen atoms in total. The number of halogens is 1. The van der Waals surface area contributed by atoms with Crippen molar-refractivity contribution in [2.75, 3.05) is 21.3 Å². The molecule has 0 saturated carbocycles. The summed E-state index contributed by atoms with van der Waals surface area (Å²) in [5.74, 6) is -0.0381. The van der Waals surface area contributed by atoms with Crippen LogP contribution in [0.5, 0.6) is 0 Å². The Morgan fingerprint density at radius 3 is 2.61 bits per heavy atom. The van der Waals surface area contributed by atoms with E-state index in [4.69, 9.17) is 0 Å². The quantitative estimate of drug-likeness (QED) is 0.532. The third-order valence-corrected chi connectivity index (χ3v) is 6.26. The Bertz CT molecular complexity index is 1100. The summed E-state index contributed by atoms with van der Waals surface area (Å²) in [5.41, 5.74) is 3.99. The highest BCUT2D eigenvalue weighted by molar-refractivity contribution is 8.00. The maximum Gasteiger partial charge on any atom is 0.323 e. The maximum absolute atomic E-state index is 13.3. The first-order valence-corrected chi connectivity index (χ1v) is 11.0. The lowest BCUT2D eigenvalue weighted by atomic mass is 10.1. The number of nitrogens with one attached hydrogen (secondary N) is 2. The molecule has 3 amide bonds. The summed E-state index contributed by atoms with van der Waals surface area (Å²) in [6, 6.07) is 20.7. The van der Waals surface area contributed by atoms with Crippen LogP contribution in [0, 0.1) is 5.82 Å². The largest absolute Gasteiger partial charge is 0.323 e. The van der Waals surface area contributed by atoms with Crippen molar-refractivity contribution in [2.24, 2.45) is 0 Å². The van der Waals surface area contributed by atoms with Crippen LogP contribution in [0.15, 0.2) is 72.8 Å². The lowest BCUT2D eigenvalue weighted by Crippen LogP contribution is -2.28. The number of hydrogen-bond donors (Lipinski definition) is 2. The number of carbonyl (C=O) groups excluding carboxylic acids is 2. The second-order valence-corrected chi connectivity index (χ2v) is 8.19. The molecule has 1 heterocycles. The van der Waals surface area contributed by atoms with Gasteiger partial charge in [-0.15, -0.1) is 11.8 Å². The van der Waals surface area contributed by atoms with Crippen LogP contribution in [-0.2, 0) is 11.2 Å². The second-order valence-electron chi connectivity index (χ2n) is 7.12. The molecule has 31 heavy (non-hydrogen) atoms. The second kappa shape index (κ2) is 9.22. The fourth-order valence-corrected chi connectivity index (χ4v) is 4.72. The van der Waals surface area contributed by atoms with Gasteiger partial charge in [-0.3, -0.25) is 9.69 Å². The molecule has 0 unspecified atom stereocenters. The molecule has 2 N–H and O–H groups in total. The van der Waals surface area contributed by atoms with Gasteiger partial charge in [0.2, 0.25) is 5.91 Å². The molecular formula is C24H22FN3O2S. The molecule has 0 radical (unpaired) electrons. The average molecular weight is 436 g/mol. The Kier molecular flexibility index (Phi) is 6.23. The molecule has 1 atom stereocenters. The number of benzene rings is 3. The normalized spacial score (nSPS) is 15.7. The van der Waals surface area contributed by atoms with Crippen LogP contribution in [0.4, 0.5) is 26.2 Å². The number of carbonyl (C=O) groups is 2. The molecular weight excluding hydrogens is 413 g/mol. The van der Waals surface area contributed by atoms with E-state index >= 15 is 0 Å². The standard InChI is InChI=1S/C24H22FN3O2S/c1-2-16-6-3-4-9-21(16)27-24(30)26-19-8-5-7-17(14-19)23-28(22(29)15-31-23)20-12-10-18(25)11-13-20/h3-14,23H,2,15H2,1H3,(H2,26,27,30)/t23-/m0/s1. The van der Waals surface area contributed by atoms with Crippen LogP contribution < -0.4 is 15.5 Å². The summed E-state index contributed by atoms with van der Waals surface area (Å²) in [4.78, 5) is 26.7. The maximum atomic E-state index is 13.3. The Hall–Kier alpha value is -3.32. The van der Waals surface area contributed by atoms with Crippen molar-refractivity contribution < 1.29 is 14.0 Å². The number of urea groups is 1. The van der Waals surface area contributed by atoms with Gasteiger partial charge in [-0.25, -0.2) is 9.18 Å². The van der Waals surface area contributed by atoms with Gasteiger partial charge < -0.3 is 10.6 Å². The summed E-state index contributed by atoms with van der Waals surface area (Å²) < 4.78 is 13.3. The predicted octanol–water partition coefficient (Wildman–Crippen LogP) is 5.81. The van der Waals surface area contributed by atoms with E-state index < -0.39 is 0 Å². The zero-order valence-electron chi connectivity index (χ0n) is 17.0. The number of rotatable bonds is 5. The topological polar surface area (TPSA) is 61.4 Å². The van der Waals surface area contributed by atoms with Gasteiger partial charge in [0.05, 0.1) is 5.75 Å². The predicted molar refractivity (Wildman–Crippen MR) is 124 cm³/mol. The summed E-state index contributed by atoms with van der Waals surface area (Å²) in [6.07, 6.45) is 0.818. The Morgan fingerprint density at radius 2 is 1.84 bits per heavy atom. The van der Waals surface area contributed by atoms with Crippen molar-refractivity contribution in [2.45, 2.75) is 18.7 Å². The van der Waals surface area contributed by atoms with E-state index in [1.54, 1.807) is 23.1 Å². The molecule has 1 aliphatic heterocycles. The zero-order valence-corrected chi connectivity index (χ0v) is 17.8. The van der Waals surface area contributed by atoms with Crippen molar-refractivity contribution in [3.63, 3.8) is 0 Å². The van der Waals surface area contributed by atoms with Gasteiger partial charge in [-0.2, -0.15) is 0 Å². The highest BCUT2D eigenvalue weighted by Gasteiger charge is 2.34. The Balaban J connectivity index is 1.51. The van der Waals surface area contributed by atoms with Crippen molar-refractivity contribution in [1.82, 2.24) is 0 Å². The smallest absolute Gasteiger partial charge is 0.308 e. The summed E-state index contributed by atoms with van der Waals surface area (Å²) in [6.45, 7) is 2.04. The van der Waals surface area contributed by atoms with Gasteiger partial charge in [0, 0.05) is 17.1 Å². The van der Waals surface area contributed by atoms with Crippen molar-refractivity contribution in [1.29, 1.82) is 0 Å². The number of para-hydroxylation sites is 1. The fraction of sp³-hybridized carbons (Fsp3) is 0.167. The molecule has 0 aliphatic carbocycles. The monoisotopic (exact) mass is 435 g/mol. The van der Waals surface area contributed by atoms with Gasteiger partial charge in [0.25, 0.3) is 0 Å². The van der Waals surface area contributed by atoms with E-state index in [9.17, 15) is 14.0 Å². The highest BCUT2D eigenvalue weighted by atomic mass is 32.2. The minimum Gasteiger partial charge on any atom is -0.308 e. The van der Waals surface area contributed by atoms with Crippen molar-refractivity contribution in [3.8, 4) is 0 Å². The minimum absolute atomic E-state index is 0.0334. The highest BCUT2D eigenvalue weighted by Crippen LogP contribution is 2.42. The van der Waals surface area contributed by atoms with Crippen LogP contribution in [0.2, 0.25) is 0 Å². The van der Waals surface area contributed by atoms with Gasteiger partial charge in [0.1, 0.15) is 11.2 Å². The van der Waals surface area contributed by atoms with Crippen LogP contribution in [0.1, 0.15) is 23.4 Å². The average Bonchev–Trinajstić information content (AvgIpc) is 3.16. The first-order chi connectivity index (χ1) is 15.0. The van der Waals surface area contributed by atoms with Gasteiger partial charge in [0.15, 0.2) is 0 Å². The molecule has 1 aliphatic rings. The van der Waals surface area contributed by atoms with E-state index in [1.165, 1.54) is 23.9 Å². The van der Waals surface area contributed by atoms with E-state index in [0.29, 0.717) is 17.1 Å². The summed E-state index contributed by atoms with van der Waals surface area (Å²) >= 11 is 1.50. The van der Waals surface area contributed by atoms with Crippen LogP contribution in [0.25, 0.3) is 0 Å². The van der Waals surface area contributed by atoms with Crippen LogP contribution in [0.3, 0.4) is 0 Å². The number of anilines is 3. The molecule has 3 aromatic rings. The molecule has 3 aromatic carbocycles. The Labute approximate surface area is 184 Å². The SMILES string of the molecule is CCc1ccccc1NC(=O)Nc1cccc([C@@H]2SCC(=O)N2c2ccc(F)cc2)c1. The molecule has 1 saturated heterocycles. The number of amides is 3. The van der Waals surface area contributed by atoms with E-state index in [0.717, 1.165) is 23.2 Å². The van der Waals surface area contributed by atoms with Crippen molar-refractivity contribution in [3.05, 3.63) is 89.7 Å². The molecule has 0 spiro atoms. The summed E-state index contributed by atoms with van der Waals surface area (Å²) in [7, 11) is 0. The number of nitrogens with zero attached hydrogens (tertiary/aromatic N) is 1. The number of thioether (sulfide) groups is 1. The molecule has 7 heteroatoms. The minimum atomic E-state index is -0.346. The van der Waals surface area contributed by atoms with E-state index in [-0.39, 0.29) is 23.1 Å². The van der Waals surface area contributed by atoms with Gasteiger partial charge in [-0.05, 0) is 60.0 Å². The van der Waals surface area contributed by atoms with E-state index in [1.807, 2.05) is 49.4 Å². The summed E-state index contributed by atoms with van der Waals surface area (Å²) in [5, 5.41) is 5.51. The molecule has 1 fully saturated rings. The zero-order chi connectivity index (χ0) is 21.8. The van der Waals surface area contributed by atoms with Gasteiger partial charge >= 0.3 is 6.03 Å². The van der Waals surface area contributed by atoms with Crippen LogP contribution in [-0.4, -0.2) is 17.7 Å². The van der Waals surface area contributed by atoms with Crippen LogP contribution >= 0.6 is 11.8 Å². The van der Waals surface area contributed by atoms with E-state index in [2.05, 4.69) is 10.6 Å². The third-order valence-electron chi connectivity index (χ3n) is 5.05. The Morgan fingerprint density at radius 1 is 1.06 bits per heavy atom. The first kappa shape index (κ1) is 20.9. The number of aryl methyl sites for hydroxylation is 1. The third kappa shape index (κ3) is 4.72. The molecule has 0 aromatic heterocycles. The van der Waals surface area contributed by atoms with Crippen molar-refractivity contribution >= 4 is 40.8 Å². The lowest BCUT2D eigenvalue weighted by Gasteiger charge is -2.24. The first-order valence-electron chi connectivity index (χ1n) is 10.00. The molecule has 158 valence electrons. The molecule has 0 bridgehead atoms. The fourth-order valence-electron chi connectivity index (χ4n) is 3.56. The lowest BCUT2D eigenvalue weighted by molar-refractivity contribution is -0.115.